The molecule has 2 amide bonds. The highest BCUT2D eigenvalue weighted by molar-refractivity contribution is 6.02. The molecule has 29 heavy (non-hydrogen) atoms. The van der Waals surface area contributed by atoms with Crippen molar-refractivity contribution in [3.63, 3.8) is 0 Å². The highest BCUT2D eigenvalue weighted by Crippen LogP contribution is 2.46. The van der Waals surface area contributed by atoms with Crippen LogP contribution in [0.25, 0.3) is 0 Å². The molecule has 1 saturated carbocycles. The zero-order valence-electron chi connectivity index (χ0n) is 16.5. The van der Waals surface area contributed by atoms with Crippen molar-refractivity contribution < 1.29 is 19.1 Å². The van der Waals surface area contributed by atoms with E-state index >= 15 is 0 Å². The number of nitrogens with one attached hydrogen (secondary N) is 2. The number of fused-ring (bicyclic) bond motifs is 2. The summed E-state index contributed by atoms with van der Waals surface area (Å²) in [6.07, 6.45) is 0. The quantitative estimate of drug-likeness (QED) is 0.836. The molecule has 1 aliphatic carbocycles. The molecule has 4 atom stereocenters. The molecule has 0 bridgehead atoms. The van der Waals surface area contributed by atoms with Crippen molar-refractivity contribution in [3.05, 3.63) is 64.7 Å². The molecule has 6 nitrogen and oxygen atoms in total. The standard InChI is InChI=1S/C23H24N2O4/c1-23(14-6-4-3-5-7-14)12-29-20-15(22(27)24-2)8-13(9-18(20)23)21(26)25-19-16-10-28-11-17(16)19/h3-9,16-17,19H,10-12H2,1-2H3,(H,24,27)(H,25,26)/t16-,17+,19+,23-/m1/s1. The normalized spacial score (nSPS) is 28.8. The number of rotatable bonds is 4. The van der Waals surface area contributed by atoms with Gasteiger partial charge in [-0.3, -0.25) is 9.59 Å². The van der Waals surface area contributed by atoms with Crippen molar-refractivity contribution in [1.29, 1.82) is 0 Å². The Bertz CT molecular complexity index is 980. The van der Waals surface area contributed by atoms with E-state index in [0.29, 0.717) is 48.5 Å². The van der Waals surface area contributed by atoms with Crippen LogP contribution in [0.1, 0.15) is 38.8 Å². The van der Waals surface area contributed by atoms with E-state index in [0.717, 1.165) is 11.1 Å². The first-order chi connectivity index (χ1) is 14.0. The summed E-state index contributed by atoms with van der Waals surface area (Å²) in [7, 11) is 1.58. The van der Waals surface area contributed by atoms with Crippen molar-refractivity contribution in [2.75, 3.05) is 26.9 Å². The fourth-order valence-corrected chi connectivity index (χ4v) is 4.66. The fraction of sp³-hybridized carbons (Fsp3) is 0.391. The lowest BCUT2D eigenvalue weighted by atomic mass is 9.77. The van der Waals surface area contributed by atoms with E-state index in [4.69, 9.17) is 9.47 Å². The van der Waals surface area contributed by atoms with Gasteiger partial charge in [-0.1, -0.05) is 30.3 Å². The summed E-state index contributed by atoms with van der Waals surface area (Å²) < 4.78 is 11.4. The predicted octanol–water partition coefficient (Wildman–Crippen LogP) is 2.12. The first-order valence-corrected chi connectivity index (χ1v) is 10.0. The third-order valence-corrected chi connectivity index (χ3v) is 6.58. The van der Waals surface area contributed by atoms with Crippen molar-refractivity contribution in [2.24, 2.45) is 11.8 Å². The van der Waals surface area contributed by atoms with Crippen LogP contribution in [-0.2, 0) is 10.2 Å². The zero-order chi connectivity index (χ0) is 20.2. The average molecular weight is 392 g/mol. The highest BCUT2D eigenvalue weighted by atomic mass is 16.5. The molecular formula is C23H24N2O4. The van der Waals surface area contributed by atoms with Gasteiger partial charge >= 0.3 is 0 Å². The van der Waals surface area contributed by atoms with Crippen LogP contribution in [0.3, 0.4) is 0 Å². The number of carbonyl (C=O) groups is 2. The molecule has 6 heteroatoms. The van der Waals surface area contributed by atoms with Crippen molar-refractivity contribution >= 4 is 11.8 Å². The van der Waals surface area contributed by atoms with Gasteiger partial charge in [-0.2, -0.15) is 0 Å². The molecule has 150 valence electrons. The number of hydrogen-bond donors (Lipinski definition) is 2. The summed E-state index contributed by atoms with van der Waals surface area (Å²) in [5.41, 5.74) is 2.41. The largest absolute Gasteiger partial charge is 0.491 e. The molecular weight excluding hydrogens is 368 g/mol. The van der Waals surface area contributed by atoms with Gasteiger partial charge in [0.05, 0.1) is 24.2 Å². The Kier molecular flexibility index (Phi) is 4.13. The summed E-state index contributed by atoms with van der Waals surface area (Å²) in [5.74, 6) is 0.989. The molecule has 0 unspecified atom stereocenters. The van der Waals surface area contributed by atoms with Crippen molar-refractivity contribution in [3.8, 4) is 5.75 Å². The number of hydrogen-bond acceptors (Lipinski definition) is 4. The van der Waals surface area contributed by atoms with Crippen LogP contribution in [0.15, 0.2) is 42.5 Å². The first kappa shape index (κ1) is 18.2. The monoisotopic (exact) mass is 392 g/mol. The number of benzene rings is 2. The van der Waals surface area contributed by atoms with E-state index in [1.165, 1.54) is 0 Å². The lowest BCUT2D eigenvalue weighted by Gasteiger charge is -2.24. The van der Waals surface area contributed by atoms with Crippen molar-refractivity contribution in [1.82, 2.24) is 10.6 Å². The Morgan fingerprint density at radius 2 is 1.79 bits per heavy atom. The van der Waals surface area contributed by atoms with Crippen LogP contribution in [0.5, 0.6) is 5.75 Å². The zero-order valence-corrected chi connectivity index (χ0v) is 16.5. The third-order valence-electron chi connectivity index (χ3n) is 6.58. The Morgan fingerprint density at radius 1 is 1.07 bits per heavy atom. The van der Waals surface area contributed by atoms with E-state index < -0.39 is 5.41 Å². The van der Waals surface area contributed by atoms with E-state index in [1.54, 1.807) is 13.1 Å². The maximum absolute atomic E-state index is 13.0. The minimum atomic E-state index is -0.431. The van der Waals surface area contributed by atoms with Crippen LogP contribution in [0.2, 0.25) is 0 Å². The summed E-state index contributed by atoms with van der Waals surface area (Å²) >= 11 is 0. The summed E-state index contributed by atoms with van der Waals surface area (Å²) in [6.45, 7) is 3.93. The average Bonchev–Trinajstić information content (AvgIpc) is 3.09. The van der Waals surface area contributed by atoms with E-state index in [-0.39, 0.29) is 17.9 Å². The third kappa shape index (κ3) is 2.82. The minimum Gasteiger partial charge on any atom is -0.491 e. The van der Waals surface area contributed by atoms with E-state index in [9.17, 15) is 9.59 Å². The van der Waals surface area contributed by atoms with Gasteiger partial charge in [0.15, 0.2) is 0 Å². The lowest BCUT2D eigenvalue weighted by molar-refractivity contribution is 0.0929. The molecule has 2 aromatic carbocycles. The van der Waals surface area contributed by atoms with Crippen molar-refractivity contribution in [2.45, 2.75) is 18.4 Å². The van der Waals surface area contributed by atoms with Gasteiger partial charge in [0.25, 0.3) is 11.8 Å². The number of ether oxygens (including phenoxy) is 2. The Hall–Kier alpha value is -2.86. The smallest absolute Gasteiger partial charge is 0.254 e. The second-order valence-corrected chi connectivity index (χ2v) is 8.33. The molecule has 2 aromatic rings. The highest BCUT2D eigenvalue weighted by Gasteiger charge is 2.55. The van der Waals surface area contributed by atoms with Gasteiger partial charge in [0.1, 0.15) is 12.4 Å². The summed E-state index contributed by atoms with van der Waals surface area (Å²) in [5, 5.41) is 5.79. The Balaban J connectivity index is 1.54. The van der Waals surface area contributed by atoms with Gasteiger partial charge in [-0.05, 0) is 24.6 Å². The van der Waals surface area contributed by atoms with Crippen LogP contribution in [-0.4, -0.2) is 44.7 Å². The predicted molar refractivity (Wildman–Crippen MR) is 107 cm³/mol. The second-order valence-electron chi connectivity index (χ2n) is 8.33. The SMILES string of the molecule is CNC(=O)c1cc(C(=O)N[C@H]2[C@@H]3COC[C@@H]32)cc2c1OC[C@]2(C)c1ccccc1. The maximum atomic E-state index is 13.0. The Labute approximate surface area is 169 Å². The molecule has 3 aliphatic rings. The molecule has 5 rings (SSSR count). The van der Waals surface area contributed by atoms with Crippen LogP contribution < -0.4 is 15.4 Å². The lowest BCUT2D eigenvalue weighted by Crippen LogP contribution is -2.31. The van der Waals surface area contributed by atoms with E-state index in [1.807, 2.05) is 24.3 Å². The fourth-order valence-electron chi connectivity index (χ4n) is 4.66. The maximum Gasteiger partial charge on any atom is 0.254 e. The molecule has 2 fully saturated rings. The number of amides is 2. The molecule has 1 saturated heterocycles. The van der Waals surface area contributed by atoms with Crippen LogP contribution >= 0.6 is 0 Å². The topological polar surface area (TPSA) is 76.7 Å². The molecule has 0 aromatic heterocycles. The first-order valence-electron chi connectivity index (χ1n) is 10.0. The van der Waals surface area contributed by atoms with Crippen LogP contribution in [0, 0.1) is 11.8 Å². The molecule has 2 N–H and O–H groups in total. The summed E-state index contributed by atoms with van der Waals surface area (Å²) in [6, 6.07) is 13.7. The minimum absolute atomic E-state index is 0.153. The number of carbonyl (C=O) groups excluding carboxylic acids is 2. The molecule has 2 heterocycles. The van der Waals surface area contributed by atoms with Crippen LogP contribution in [0.4, 0.5) is 0 Å². The van der Waals surface area contributed by atoms with Gasteiger partial charge in [-0.15, -0.1) is 0 Å². The second kappa shape index (κ2) is 6.59. The van der Waals surface area contributed by atoms with Gasteiger partial charge < -0.3 is 20.1 Å². The summed E-state index contributed by atoms with van der Waals surface area (Å²) in [4.78, 5) is 25.6. The van der Waals surface area contributed by atoms with Gasteiger partial charge in [0, 0.05) is 36.1 Å². The van der Waals surface area contributed by atoms with Gasteiger partial charge in [-0.25, -0.2) is 0 Å². The van der Waals surface area contributed by atoms with E-state index in [2.05, 4.69) is 29.7 Å². The molecule has 0 spiro atoms. The molecule has 2 aliphatic heterocycles. The molecule has 0 radical (unpaired) electrons. The Morgan fingerprint density at radius 3 is 2.48 bits per heavy atom. The van der Waals surface area contributed by atoms with Gasteiger partial charge in [0.2, 0.25) is 0 Å².